The third kappa shape index (κ3) is 2.21. The highest BCUT2D eigenvalue weighted by Crippen LogP contribution is 2.22. The van der Waals surface area contributed by atoms with E-state index in [2.05, 4.69) is 0 Å². The van der Waals surface area contributed by atoms with Gasteiger partial charge in [0.05, 0.1) is 12.1 Å². The molecule has 72 valence electrons. The van der Waals surface area contributed by atoms with E-state index >= 15 is 0 Å². The lowest BCUT2D eigenvalue weighted by Gasteiger charge is -2.22. The average Bonchev–Trinajstić information content (AvgIpc) is 2.09. The smallest absolute Gasteiger partial charge is 0.0650 e. The summed E-state index contributed by atoms with van der Waals surface area (Å²) in [5.74, 6) is 0. The van der Waals surface area contributed by atoms with Crippen LogP contribution in [0.25, 0.3) is 0 Å². The number of benzene rings is 1. The van der Waals surface area contributed by atoms with Crippen LogP contribution in [0.1, 0.15) is 18.1 Å². The predicted octanol–water partition coefficient (Wildman–Crippen LogP) is 1.81. The molecule has 0 bridgehead atoms. The molecule has 0 aliphatic heterocycles. The molecule has 0 aliphatic carbocycles. The molecule has 0 aromatic heterocycles. The molecule has 0 heterocycles. The number of aliphatic hydroxyl groups excluding tert-OH is 1. The number of nitrogens with two attached hydrogens (primary N) is 1. The number of rotatable bonds is 2. The van der Waals surface area contributed by atoms with Crippen molar-refractivity contribution in [3.63, 3.8) is 0 Å². The van der Waals surface area contributed by atoms with Gasteiger partial charge in [0.15, 0.2) is 0 Å². The van der Waals surface area contributed by atoms with Crippen molar-refractivity contribution in [2.45, 2.75) is 19.4 Å². The molecule has 0 unspecified atom stereocenters. The van der Waals surface area contributed by atoms with Crippen LogP contribution in [0.5, 0.6) is 0 Å². The van der Waals surface area contributed by atoms with Gasteiger partial charge in [0.25, 0.3) is 0 Å². The average molecular weight is 200 g/mol. The summed E-state index contributed by atoms with van der Waals surface area (Å²) in [5, 5.41) is 9.77. The van der Waals surface area contributed by atoms with E-state index in [4.69, 9.17) is 22.4 Å². The molecule has 3 heteroatoms. The first-order chi connectivity index (χ1) is 5.97. The Morgan fingerprint density at radius 3 is 2.62 bits per heavy atom. The summed E-state index contributed by atoms with van der Waals surface area (Å²) in [6, 6.07) is 5.54. The Hall–Kier alpha value is -0.570. The number of halogens is 1. The molecular formula is C10H14ClNO. The van der Waals surface area contributed by atoms with Crippen LogP contribution in [0, 0.1) is 6.92 Å². The van der Waals surface area contributed by atoms with Crippen molar-refractivity contribution in [3.05, 3.63) is 34.3 Å². The van der Waals surface area contributed by atoms with E-state index < -0.39 is 5.54 Å². The van der Waals surface area contributed by atoms with Crippen LogP contribution in [0.3, 0.4) is 0 Å². The molecule has 0 saturated carbocycles. The Balaban J connectivity index is 3.10. The monoisotopic (exact) mass is 199 g/mol. The zero-order valence-corrected chi connectivity index (χ0v) is 8.60. The Bertz CT molecular complexity index is 310. The molecule has 0 amide bonds. The topological polar surface area (TPSA) is 46.2 Å². The lowest BCUT2D eigenvalue weighted by atomic mass is 9.93. The van der Waals surface area contributed by atoms with Crippen molar-refractivity contribution in [2.24, 2.45) is 5.73 Å². The van der Waals surface area contributed by atoms with Crippen LogP contribution in [0.2, 0.25) is 5.02 Å². The first-order valence-corrected chi connectivity index (χ1v) is 4.51. The number of hydrogen-bond acceptors (Lipinski definition) is 2. The van der Waals surface area contributed by atoms with Gasteiger partial charge in [0.1, 0.15) is 0 Å². The van der Waals surface area contributed by atoms with E-state index in [0.717, 1.165) is 16.1 Å². The van der Waals surface area contributed by atoms with Crippen LogP contribution in [0.4, 0.5) is 0 Å². The second kappa shape index (κ2) is 3.66. The minimum absolute atomic E-state index is 0.0753. The molecule has 0 fully saturated rings. The molecule has 0 radical (unpaired) electrons. The van der Waals surface area contributed by atoms with Crippen molar-refractivity contribution in [2.75, 3.05) is 6.61 Å². The molecule has 1 rings (SSSR count). The van der Waals surface area contributed by atoms with Crippen LogP contribution >= 0.6 is 11.6 Å². The van der Waals surface area contributed by atoms with Crippen molar-refractivity contribution in [1.82, 2.24) is 0 Å². The largest absolute Gasteiger partial charge is 0.394 e. The molecular weight excluding hydrogens is 186 g/mol. The first-order valence-electron chi connectivity index (χ1n) is 4.14. The third-order valence-electron chi connectivity index (χ3n) is 2.15. The van der Waals surface area contributed by atoms with Gasteiger partial charge in [-0.2, -0.15) is 0 Å². The number of aliphatic hydroxyl groups is 1. The summed E-state index contributed by atoms with van der Waals surface area (Å²) in [6.07, 6.45) is 0. The lowest BCUT2D eigenvalue weighted by molar-refractivity contribution is 0.210. The third-order valence-corrected chi connectivity index (χ3v) is 2.57. The molecule has 2 nitrogen and oxygen atoms in total. The van der Waals surface area contributed by atoms with Gasteiger partial charge in [-0.05, 0) is 31.0 Å². The van der Waals surface area contributed by atoms with Gasteiger partial charge < -0.3 is 10.8 Å². The van der Waals surface area contributed by atoms with Crippen molar-refractivity contribution >= 4 is 11.6 Å². The zero-order chi connectivity index (χ0) is 10.1. The first kappa shape index (κ1) is 10.5. The SMILES string of the molecule is Cc1cc([C@@](C)(N)CO)ccc1Cl. The van der Waals surface area contributed by atoms with E-state index in [1.165, 1.54) is 0 Å². The molecule has 3 N–H and O–H groups in total. The van der Waals surface area contributed by atoms with E-state index in [0.29, 0.717) is 0 Å². The predicted molar refractivity (Wildman–Crippen MR) is 54.8 cm³/mol. The summed E-state index contributed by atoms with van der Waals surface area (Å²) in [6.45, 7) is 3.63. The molecule has 0 saturated heterocycles. The van der Waals surface area contributed by atoms with E-state index in [-0.39, 0.29) is 6.61 Å². The quantitative estimate of drug-likeness (QED) is 0.763. The second-order valence-electron chi connectivity index (χ2n) is 3.54. The minimum Gasteiger partial charge on any atom is -0.394 e. The normalized spacial score (nSPS) is 15.5. The highest BCUT2D eigenvalue weighted by atomic mass is 35.5. The number of hydrogen-bond donors (Lipinski definition) is 2. The zero-order valence-electron chi connectivity index (χ0n) is 7.84. The van der Waals surface area contributed by atoms with Gasteiger partial charge in [-0.1, -0.05) is 23.7 Å². The standard InChI is InChI=1S/C10H14ClNO/c1-7-5-8(3-4-9(7)11)10(2,12)6-13/h3-5,13H,6,12H2,1-2H3/t10-/m0/s1. The van der Waals surface area contributed by atoms with Crippen LogP contribution in [-0.2, 0) is 5.54 Å². The summed E-state index contributed by atoms with van der Waals surface area (Å²) in [5.41, 5.74) is 7.05. The van der Waals surface area contributed by atoms with E-state index in [1.807, 2.05) is 19.1 Å². The second-order valence-corrected chi connectivity index (χ2v) is 3.95. The van der Waals surface area contributed by atoms with Gasteiger partial charge >= 0.3 is 0 Å². The maximum atomic E-state index is 9.05. The van der Waals surface area contributed by atoms with Crippen molar-refractivity contribution < 1.29 is 5.11 Å². The summed E-state index contributed by atoms with van der Waals surface area (Å²) in [7, 11) is 0. The Labute approximate surface area is 83.3 Å². The fourth-order valence-electron chi connectivity index (χ4n) is 1.09. The Morgan fingerprint density at radius 2 is 2.15 bits per heavy atom. The highest BCUT2D eigenvalue weighted by Gasteiger charge is 2.19. The molecule has 1 aromatic carbocycles. The summed E-state index contributed by atoms with van der Waals surface area (Å²) < 4.78 is 0. The maximum absolute atomic E-state index is 9.05. The van der Waals surface area contributed by atoms with Gasteiger partial charge in [-0.15, -0.1) is 0 Å². The van der Waals surface area contributed by atoms with E-state index in [9.17, 15) is 0 Å². The molecule has 0 aliphatic rings. The van der Waals surface area contributed by atoms with Gasteiger partial charge in [-0.25, -0.2) is 0 Å². The Morgan fingerprint density at radius 1 is 1.54 bits per heavy atom. The molecule has 1 aromatic rings. The van der Waals surface area contributed by atoms with Crippen LogP contribution in [-0.4, -0.2) is 11.7 Å². The minimum atomic E-state index is -0.685. The summed E-state index contributed by atoms with van der Waals surface area (Å²) >= 11 is 5.87. The van der Waals surface area contributed by atoms with Crippen molar-refractivity contribution in [1.29, 1.82) is 0 Å². The van der Waals surface area contributed by atoms with E-state index in [1.54, 1.807) is 13.0 Å². The Kier molecular flexibility index (Phi) is 2.96. The van der Waals surface area contributed by atoms with Gasteiger partial charge in [-0.3, -0.25) is 0 Å². The van der Waals surface area contributed by atoms with Gasteiger partial charge in [0, 0.05) is 5.02 Å². The molecule has 0 spiro atoms. The van der Waals surface area contributed by atoms with Crippen LogP contribution in [0.15, 0.2) is 18.2 Å². The van der Waals surface area contributed by atoms with Crippen LogP contribution < -0.4 is 5.73 Å². The maximum Gasteiger partial charge on any atom is 0.0650 e. The lowest BCUT2D eigenvalue weighted by Crippen LogP contribution is -2.36. The highest BCUT2D eigenvalue weighted by molar-refractivity contribution is 6.31. The molecule has 13 heavy (non-hydrogen) atoms. The summed E-state index contributed by atoms with van der Waals surface area (Å²) in [4.78, 5) is 0. The molecule has 1 atom stereocenters. The number of aryl methyl sites for hydroxylation is 1. The van der Waals surface area contributed by atoms with Crippen molar-refractivity contribution in [3.8, 4) is 0 Å². The fraction of sp³-hybridized carbons (Fsp3) is 0.400. The fourth-order valence-corrected chi connectivity index (χ4v) is 1.21. The van der Waals surface area contributed by atoms with Gasteiger partial charge in [0.2, 0.25) is 0 Å².